The normalized spacial score (nSPS) is 20.9. The maximum Gasteiger partial charge on any atom is 0.0702 e. The Labute approximate surface area is 145 Å². The molecule has 1 heterocycles. The first-order valence-corrected chi connectivity index (χ1v) is 9.57. The Morgan fingerprint density at radius 3 is 2.26 bits per heavy atom. The second kappa shape index (κ2) is 10.0. The van der Waals surface area contributed by atoms with E-state index < -0.39 is 0 Å². The molecule has 1 atom stereocenters. The van der Waals surface area contributed by atoms with E-state index in [-0.39, 0.29) is 0 Å². The molecule has 1 fully saturated rings. The van der Waals surface area contributed by atoms with Gasteiger partial charge in [0.05, 0.1) is 19.3 Å². The zero-order valence-electron chi connectivity index (χ0n) is 16.6. The minimum absolute atomic E-state index is 0.423. The summed E-state index contributed by atoms with van der Waals surface area (Å²) in [5, 5.41) is 0. The van der Waals surface area contributed by atoms with Crippen molar-refractivity contribution < 1.29 is 9.47 Å². The summed E-state index contributed by atoms with van der Waals surface area (Å²) in [5.41, 5.74) is 0.864. The standard InChI is InChI=1S/C20H41NO2/c1-19(2,3)10-7-9-18-17-21(13-16-23-18)12-15-22-14-8-11-20(4,5)6/h18H,7-17H2,1-6H3. The van der Waals surface area contributed by atoms with Crippen molar-refractivity contribution in [1.29, 1.82) is 0 Å². The predicted octanol–water partition coefficient (Wildman–Crippen LogP) is 4.75. The van der Waals surface area contributed by atoms with Crippen LogP contribution in [0.3, 0.4) is 0 Å². The van der Waals surface area contributed by atoms with Gasteiger partial charge in [0, 0.05) is 26.2 Å². The zero-order chi connectivity index (χ0) is 17.3. The van der Waals surface area contributed by atoms with E-state index in [4.69, 9.17) is 9.47 Å². The first-order valence-electron chi connectivity index (χ1n) is 9.57. The van der Waals surface area contributed by atoms with Crippen LogP contribution in [0.15, 0.2) is 0 Å². The van der Waals surface area contributed by atoms with Gasteiger partial charge in [-0.3, -0.25) is 4.90 Å². The molecule has 1 saturated heterocycles. The molecule has 0 bridgehead atoms. The maximum atomic E-state index is 5.92. The highest BCUT2D eigenvalue weighted by molar-refractivity contribution is 4.73. The molecule has 0 aliphatic carbocycles. The van der Waals surface area contributed by atoms with Crippen LogP contribution in [-0.2, 0) is 9.47 Å². The van der Waals surface area contributed by atoms with Crippen LogP contribution in [0.4, 0.5) is 0 Å². The molecule has 1 unspecified atom stereocenters. The Hall–Kier alpha value is -0.120. The topological polar surface area (TPSA) is 21.7 Å². The van der Waals surface area contributed by atoms with Crippen molar-refractivity contribution in [2.45, 2.75) is 79.8 Å². The van der Waals surface area contributed by atoms with E-state index in [1.165, 1.54) is 32.1 Å². The number of hydrogen-bond donors (Lipinski definition) is 0. The smallest absolute Gasteiger partial charge is 0.0702 e. The summed E-state index contributed by atoms with van der Waals surface area (Å²) < 4.78 is 11.7. The minimum atomic E-state index is 0.423. The minimum Gasteiger partial charge on any atom is -0.380 e. The van der Waals surface area contributed by atoms with E-state index >= 15 is 0 Å². The maximum absolute atomic E-state index is 5.92. The molecule has 0 radical (unpaired) electrons. The molecule has 1 rings (SSSR count). The second-order valence-corrected chi connectivity index (χ2v) is 9.52. The summed E-state index contributed by atoms with van der Waals surface area (Å²) in [6.45, 7) is 19.7. The Kier molecular flexibility index (Phi) is 9.10. The third-order valence-electron chi connectivity index (χ3n) is 4.44. The number of hydrogen-bond acceptors (Lipinski definition) is 3. The molecule has 1 aliphatic rings. The summed E-state index contributed by atoms with van der Waals surface area (Å²) in [4.78, 5) is 2.51. The molecular formula is C20H41NO2. The average molecular weight is 328 g/mol. The van der Waals surface area contributed by atoms with E-state index in [1.807, 2.05) is 0 Å². The second-order valence-electron chi connectivity index (χ2n) is 9.52. The average Bonchev–Trinajstić information content (AvgIpc) is 2.40. The summed E-state index contributed by atoms with van der Waals surface area (Å²) in [5.74, 6) is 0. The largest absolute Gasteiger partial charge is 0.380 e. The van der Waals surface area contributed by atoms with Crippen LogP contribution in [0.1, 0.15) is 73.6 Å². The van der Waals surface area contributed by atoms with Crippen molar-refractivity contribution in [3.8, 4) is 0 Å². The van der Waals surface area contributed by atoms with Crippen LogP contribution < -0.4 is 0 Å². The molecule has 0 aromatic heterocycles. The third-order valence-corrected chi connectivity index (χ3v) is 4.44. The van der Waals surface area contributed by atoms with Gasteiger partial charge in [0.25, 0.3) is 0 Å². The highest BCUT2D eigenvalue weighted by atomic mass is 16.5. The highest BCUT2D eigenvalue weighted by Crippen LogP contribution is 2.23. The predicted molar refractivity (Wildman–Crippen MR) is 99.0 cm³/mol. The monoisotopic (exact) mass is 327 g/mol. The van der Waals surface area contributed by atoms with Gasteiger partial charge in [-0.25, -0.2) is 0 Å². The molecule has 3 nitrogen and oxygen atoms in total. The van der Waals surface area contributed by atoms with Crippen molar-refractivity contribution in [3.05, 3.63) is 0 Å². The zero-order valence-corrected chi connectivity index (χ0v) is 16.6. The fraction of sp³-hybridized carbons (Fsp3) is 1.00. The molecule has 1 aliphatic heterocycles. The fourth-order valence-electron chi connectivity index (χ4n) is 3.02. The van der Waals surface area contributed by atoms with Gasteiger partial charge in [-0.05, 0) is 36.5 Å². The van der Waals surface area contributed by atoms with Gasteiger partial charge in [-0.2, -0.15) is 0 Å². The van der Waals surface area contributed by atoms with Gasteiger partial charge in [-0.15, -0.1) is 0 Å². The lowest BCUT2D eigenvalue weighted by atomic mass is 9.89. The van der Waals surface area contributed by atoms with Crippen molar-refractivity contribution >= 4 is 0 Å². The molecule has 3 heteroatoms. The van der Waals surface area contributed by atoms with Gasteiger partial charge in [-0.1, -0.05) is 48.0 Å². The molecule has 0 aromatic rings. The Balaban J connectivity index is 2.06. The van der Waals surface area contributed by atoms with Crippen LogP contribution in [0, 0.1) is 10.8 Å². The number of nitrogens with zero attached hydrogens (tertiary/aromatic N) is 1. The molecule has 0 amide bonds. The number of morpholine rings is 1. The number of rotatable bonds is 9. The van der Waals surface area contributed by atoms with Crippen LogP contribution in [0.25, 0.3) is 0 Å². The molecule has 0 N–H and O–H groups in total. The van der Waals surface area contributed by atoms with Gasteiger partial charge >= 0.3 is 0 Å². The molecule has 23 heavy (non-hydrogen) atoms. The summed E-state index contributed by atoms with van der Waals surface area (Å²) >= 11 is 0. The van der Waals surface area contributed by atoms with E-state index in [0.717, 1.165) is 39.5 Å². The van der Waals surface area contributed by atoms with Gasteiger partial charge in [0.1, 0.15) is 0 Å². The van der Waals surface area contributed by atoms with Gasteiger partial charge < -0.3 is 9.47 Å². The van der Waals surface area contributed by atoms with Crippen molar-refractivity contribution in [3.63, 3.8) is 0 Å². The lowest BCUT2D eigenvalue weighted by Gasteiger charge is -2.33. The van der Waals surface area contributed by atoms with Crippen LogP contribution in [0.5, 0.6) is 0 Å². The summed E-state index contributed by atoms with van der Waals surface area (Å²) in [7, 11) is 0. The Morgan fingerprint density at radius 1 is 0.957 bits per heavy atom. The van der Waals surface area contributed by atoms with Crippen LogP contribution in [0.2, 0.25) is 0 Å². The lowest BCUT2D eigenvalue weighted by molar-refractivity contribution is -0.0411. The van der Waals surface area contributed by atoms with E-state index in [0.29, 0.717) is 16.9 Å². The number of ether oxygens (including phenoxy) is 2. The Morgan fingerprint density at radius 2 is 1.61 bits per heavy atom. The van der Waals surface area contributed by atoms with E-state index in [1.54, 1.807) is 0 Å². The summed E-state index contributed by atoms with van der Waals surface area (Å²) in [6.07, 6.45) is 6.57. The first-order chi connectivity index (χ1) is 10.7. The molecule has 0 aromatic carbocycles. The molecule has 138 valence electrons. The van der Waals surface area contributed by atoms with E-state index in [9.17, 15) is 0 Å². The van der Waals surface area contributed by atoms with Crippen LogP contribution in [-0.4, -0.2) is 50.5 Å². The van der Waals surface area contributed by atoms with Gasteiger partial charge in [0.2, 0.25) is 0 Å². The molecule has 0 saturated carbocycles. The van der Waals surface area contributed by atoms with Crippen molar-refractivity contribution in [1.82, 2.24) is 4.90 Å². The quantitative estimate of drug-likeness (QED) is 0.571. The molecular weight excluding hydrogens is 286 g/mol. The Bertz CT molecular complexity index is 304. The van der Waals surface area contributed by atoms with E-state index in [2.05, 4.69) is 46.4 Å². The third kappa shape index (κ3) is 12.0. The van der Waals surface area contributed by atoms with Crippen molar-refractivity contribution in [2.24, 2.45) is 10.8 Å². The molecule has 0 spiro atoms. The lowest BCUT2D eigenvalue weighted by Crippen LogP contribution is -2.43. The first kappa shape index (κ1) is 20.9. The van der Waals surface area contributed by atoms with Crippen LogP contribution >= 0.6 is 0 Å². The van der Waals surface area contributed by atoms with Crippen molar-refractivity contribution in [2.75, 3.05) is 39.5 Å². The fourth-order valence-corrected chi connectivity index (χ4v) is 3.02. The SMILES string of the molecule is CC(C)(C)CCCOCCN1CCOC(CCCC(C)(C)C)C1. The van der Waals surface area contributed by atoms with Gasteiger partial charge in [0.15, 0.2) is 0 Å². The summed E-state index contributed by atoms with van der Waals surface area (Å²) in [6, 6.07) is 0. The highest BCUT2D eigenvalue weighted by Gasteiger charge is 2.21.